The quantitative estimate of drug-likeness (QED) is 0.774. The van der Waals surface area contributed by atoms with E-state index in [4.69, 9.17) is 23.2 Å². The topological polar surface area (TPSA) is 37.4 Å². The molecule has 1 aromatic carbocycles. The number of hydrogen-bond donors (Lipinski definition) is 0. The first-order valence-electron chi connectivity index (χ1n) is 6.41. The number of nitrogens with zero attached hydrogens (tertiary/aromatic N) is 1. The highest BCUT2D eigenvalue weighted by Crippen LogP contribution is 2.22. The molecule has 20 heavy (non-hydrogen) atoms. The number of thioether (sulfide) groups is 1. The van der Waals surface area contributed by atoms with Crippen molar-refractivity contribution in [2.24, 2.45) is 0 Å². The van der Waals surface area contributed by atoms with E-state index in [0.717, 1.165) is 25.9 Å². The van der Waals surface area contributed by atoms with Crippen molar-refractivity contribution in [1.82, 2.24) is 4.90 Å². The van der Waals surface area contributed by atoms with Crippen LogP contribution < -0.4 is 0 Å². The molecular formula is C14H15Cl2NO2S. The zero-order chi connectivity index (χ0) is 14.5. The first-order chi connectivity index (χ1) is 9.58. The van der Waals surface area contributed by atoms with Crippen LogP contribution >= 0.6 is 35.0 Å². The number of halogens is 2. The summed E-state index contributed by atoms with van der Waals surface area (Å²) in [7, 11) is 0. The van der Waals surface area contributed by atoms with Crippen LogP contribution in [0.4, 0.5) is 0 Å². The Labute approximate surface area is 132 Å². The van der Waals surface area contributed by atoms with E-state index in [9.17, 15) is 9.59 Å². The van der Waals surface area contributed by atoms with E-state index in [1.807, 2.05) is 4.90 Å². The van der Waals surface area contributed by atoms with E-state index in [1.165, 1.54) is 11.8 Å². The summed E-state index contributed by atoms with van der Waals surface area (Å²) in [6.07, 6.45) is 2.16. The largest absolute Gasteiger partial charge is 0.342 e. The molecule has 1 heterocycles. The Morgan fingerprint density at radius 2 is 1.85 bits per heavy atom. The average molecular weight is 332 g/mol. The SMILES string of the molecule is O=C(CSCC(=O)N1CCCC1)c1ccc(Cl)cc1Cl. The van der Waals surface area contributed by atoms with Crippen molar-refractivity contribution in [2.45, 2.75) is 12.8 Å². The van der Waals surface area contributed by atoms with Crippen molar-refractivity contribution in [2.75, 3.05) is 24.6 Å². The molecule has 0 aromatic heterocycles. The van der Waals surface area contributed by atoms with E-state index in [-0.39, 0.29) is 17.4 Å². The summed E-state index contributed by atoms with van der Waals surface area (Å²) in [4.78, 5) is 25.7. The third kappa shape index (κ3) is 4.14. The summed E-state index contributed by atoms with van der Waals surface area (Å²) in [6, 6.07) is 4.81. The Morgan fingerprint density at radius 1 is 1.15 bits per heavy atom. The molecule has 108 valence electrons. The molecule has 0 saturated carbocycles. The molecule has 1 aliphatic rings. The van der Waals surface area contributed by atoms with Crippen molar-refractivity contribution >= 4 is 46.7 Å². The first-order valence-corrected chi connectivity index (χ1v) is 8.33. The molecule has 1 saturated heterocycles. The van der Waals surface area contributed by atoms with Gasteiger partial charge in [0.1, 0.15) is 0 Å². The van der Waals surface area contributed by atoms with Gasteiger partial charge in [0, 0.05) is 23.7 Å². The minimum absolute atomic E-state index is 0.0779. The Bertz CT molecular complexity index is 516. The van der Waals surface area contributed by atoms with Crippen LogP contribution in [0.25, 0.3) is 0 Å². The van der Waals surface area contributed by atoms with Gasteiger partial charge >= 0.3 is 0 Å². The molecule has 0 aliphatic carbocycles. The minimum atomic E-state index is -0.0779. The van der Waals surface area contributed by atoms with Crippen LogP contribution in [0.2, 0.25) is 10.0 Å². The van der Waals surface area contributed by atoms with Gasteiger partial charge in [-0.15, -0.1) is 11.8 Å². The van der Waals surface area contributed by atoms with Crippen LogP contribution in [0.1, 0.15) is 23.2 Å². The van der Waals surface area contributed by atoms with Crippen molar-refractivity contribution in [1.29, 1.82) is 0 Å². The van der Waals surface area contributed by atoms with Crippen LogP contribution in [0.5, 0.6) is 0 Å². The van der Waals surface area contributed by atoms with E-state index in [2.05, 4.69) is 0 Å². The molecule has 0 bridgehead atoms. The fourth-order valence-corrected chi connectivity index (χ4v) is 3.40. The molecule has 2 rings (SSSR count). The molecule has 1 amide bonds. The van der Waals surface area contributed by atoms with Crippen LogP contribution in [0, 0.1) is 0 Å². The summed E-state index contributed by atoms with van der Waals surface area (Å²) >= 11 is 13.1. The van der Waals surface area contributed by atoms with Gasteiger partial charge in [0.15, 0.2) is 5.78 Å². The second-order valence-corrected chi connectivity index (χ2v) is 6.46. The highest BCUT2D eigenvalue weighted by atomic mass is 35.5. The van der Waals surface area contributed by atoms with Crippen LogP contribution in [0.3, 0.4) is 0 Å². The standard InChI is InChI=1S/C14H15Cl2NO2S/c15-10-3-4-11(12(16)7-10)13(18)8-20-9-14(19)17-5-1-2-6-17/h3-4,7H,1-2,5-6,8-9H2. The third-order valence-corrected chi connectivity index (χ3v) is 4.61. The molecule has 1 aromatic rings. The van der Waals surface area contributed by atoms with E-state index >= 15 is 0 Å². The van der Waals surface area contributed by atoms with Crippen molar-refractivity contribution in [3.05, 3.63) is 33.8 Å². The monoisotopic (exact) mass is 331 g/mol. The minimum Gasteiger partial charge on any atom is -0.342 e. The zero-order valence-corrected chi connectivity index (χ0v) is 13.2. The van der Waals surface area contributed by atoms with Gasteiger partial charge < -0.3 is 4.90 Å². The van der Waals surface area contributed by atoms with Crippen LogP contribution in [-0.2, 0) is 4.79 Å². The van der Waals surface area contributed by atoms with E-state index in [1.54, 1.807) is 18.2 Å². The molecule has 1 fully saturated rings. The Morgan fingerprint density at radius 3 is 2.50 bits per heavy atom. The lowest BCUT2D eigenvalue weighted by Crippen LogP contribution is -2.29. The normalized spacial score (nSPS) is 14.6. The molecule has 0 N–H and O–H groups in total. The van der Waals surface area contributed by atoms with Gasteiger partial charge in [-0.25, -0.2) is 0 Å². The maximum absolute atomic E-state index is 12.0. The molecule has 1 aliphatic heterocycles. The van der Waals surface area contributed by atoms with Crippen molar-refractivity contribution in [3.8, 4) is 0 Å². The molecule has 0 radical (unpaired) electrons. The number of ketones is 1. The fourth-order valence-electron chi connectivity index (χ4n) is 2.08. The predicted molar refractivity (Wildman–Crippen MR) is 83.9 cm³/mol. The lowest BCUT2D eigenvalue weighted by atomic mass is 10.1. The van der Waals surface area contributed by atoms with Crippen molar-refractivity contribution < 1.29 is 9.59 Å². The number of benzene rings is 1. The number of Topliss-reactive ketones (excluding diaryl/α,β-unsaturated/α-hetero) is 1. The van der Waals surface area contributed by atoms with Gasteiger partial charge in [-0.2, -0.15) is 0 Å². The maximum atomic E-state index is 12.0. The van der Waals surface area contributed by atoms with Crippen molar-refractivity contribution in [3.63, 3.8) is 0 Å². The molecule has 0 unspecified atom stereocenters. The predicted octanol–water partition coefficient (Wildman–Crippen LogP) is 3.53. The number of likely N-dealkylation sites (tertiary alicyclic amines) is 1. The number of carbonyl (C=O) groups is 2. The third-order valence-electron chi connectivity index (χ3n) is 3.15. The van der Waals surface area contributed by atoms with Gasteiger partial charge in [-0.05, 0) is 31.0 Å². The summed E-state index contributed by atoms with van der Waals surface area (Å²) in [5.74, 6) is 0.631. The highest BCUT2D eigenvalue weighted by Gasteiger charge is 2.18. The molecule has 0 atom stereocenters. The Kier molecular flexibility index (Phi) is 5.75. The van der Waals surface area contributed by atoms with E-state index in [0.29, 0.717) is 21.4 Å². The Hall–Kier alpha value is -0.710. The molecular weight excluding hydrogens is 317 g/mol. The van der Waals surface area contributed by atoms with Crippen LogP contribution in [-0.4, -0.2) is 41.2 Å². The van der Waals surface area contributed by atoms with Gasteiger partial charge in [0.05, 0.1) is 16.5 Å². The maximum Gasteiger partial charge on any atom is 0.232 e. The van der Waals surface area contributed by atoms with Gasteiger partial charge in [-0.1, -0.05) is 23.2 Å². The van der Waals surface area contributed by atoms with Crippen LogP contribution in [0.15, 0.2) is 18.2 Å². The molecule has 0 spiro atoms. The number of hydrogen-bond acceptors (Lipinski definition) is 3. The summed E-state index contributed by atoms with van der Waals surface area (Å²) in [6.45, 7) is 1.69. The average Bonchev–Trinajstić information content (AvgIpc) is 2.92. The molecule has 3 nitrogen and oxygen atoms in total. The first kappa shape index (κ1) is 15.7. The second kappa shape index (κ2) is 7.34. The molecule has 6 heteroatoms. The summed E-state index contributed by atoms with van der Waals surface area (Å²) in [5.41, 5.74) is 0.456. The highest BCUT2D eigenvalue weighted by molar-refractivity contribution is 8.00. The zero-order valence-electron chi connectivity index (χ0n) is 10.9. The lowest BCUT2D eigenvalue weighted by molar-refractivity contribution is -0.127. The second-order valence-electron chi connectivity index (χ2n) is 4.63. The van der Waals surface area contributed by atoms with Gasteiger partial charge in [0.2, 0.25) is 5.91 Å². The number of carbonyl (C=O) groups excluding carboxylic acids is 2. The number of rotatable bonds is 5. The summed E-state index contributed by atoms with van der Waals surface area (Å²) < 4.78 is 0. The lowest BCUT2D eigenvalue weighted by Gasteiger charge is -2.14. The van der Waals surface area contributed by atoms with E-state index < -0.39 is 0 Å². The smallest absolute Gasteiger partial charge is 0.232 e. The van der Waals surface area contributed by atoms with Gasteiger partial charge in [-0.3, -0.25) is 9.59 Å². The fraction of sp³-hybridized carbons (Fsp3) is 0.429. The summed E-state index contributed by atoms with van der Waals surface area (Å²) in [5, 5.41) is 0.859. The number of amides is 1. The Balaban J connectivity index is 1.81. The van der Waals surface area contributed by atoms with Gasteiger partial charge in [0.25, 0.3) is 0 Å².